The number of nitrogens with one attached hydrogen (secondary N) is 1. The number of carbonyl (C=O) groups excluding carboxylic acids is 1. The van der Waals surface area contributed by atoms with Gasteiger partial charge in [0.25, 0.3) is 5.91 Å². The van der Waals surface area contributed by atoms with Gasteiger partial charge in [0, 0.05) is 35.5 Å². The Bertz CT molecular complexity index is 782. The van der Waals surface area contributed by atoms with Crippen LogP contribution in [0.2, 0.25) is 0 Å². The number of aryl methyl sites for hydroxylation is 1. The Kier molecular flexibility index (Phi) is 4.78. The Morgan fingerprint density at radius 3 is 2.61 bits per heavy atom. The zero-order valence-electron chi connectivity index (χ0n) is 12.8. The highest BCUT2D eigenvalue weighted by atomic mass is 32.1. The van der Waals surface area contributed by atoms with Gasteiger partial charge in [0.1, 0.15) is 5.01 Å². The summed E-state index contributed by atoms with van der Waals surface area (Å²) in [6.45, 7) is 2.53. The SMILES string of the molecule is Cc1ccc(Cc2cnc(CNC(=O)c3ccncc3)s2)cc1. The fraction of sp³-hybridized carbons (Fsp3) is 0.167. The standard InChI is InChI=1S/C18H17N3OS/c1-13-2-4-14(5-3-13)10-16-11-20-17(23-16)12-21-18(22)15-6-8-19-9-7-15/h2-9,11H,10,12H2,1H3,(H,21,22). The van der Waals surface area contributed by atoms with Crippen molar-refractivity contribution in [2.45, 2.75) is 19.9 Å². The highest BCUT2D eigenvalue weighted by Crippen LogP contribution is 2.17. The van der Waals surface area contributed by atoms with Gasteiger partial charge in [-0.1, -0.05) is 29.8 Å². The van der Waals surface area contributed by atoms with Crippen molar-refractivity contribution in [2.75, 3.05) is 0 Å². The summed E-state index contributed by atoms with van der Waals surface area (Å²) in [7, 11) is 0. The second kappa shape index (κ2) is 7.15. The molecule has 3 rings (SSSR count). The summed E-state index contributed by atoms with van der Waals surface area (Å²) in [4.78, 5) is 21.5. The number of nitrogens with zero attached hydrogens (tertiary/aromatic N) is 2. The van der Waals surface area contributed by atoms with Gasteiger partial charge >= 0.3 is 0 Å². The van der Waals surface area contributed by atoms with Crippen LogP contribution in [0.15, 0.2) is 55.0 Å². The molecule has 0 saturated heterocycles. The molecule has 0 atom stereocenters. The molecule has 23 heavy (non-hydrogen) atoms. The zero-order chi connectivity index (χ0) is 16.1. The van der Waals surface area contributed by atoms with Crippen molar-refractivity contribution in [2.24, 2.45) is 0 Å². The van der Waals surface area contributed by atoms with Crippen LogP contribution in [-0.4, -0.2) is 15.9 Å². The molecular formula is C18H17N3OS. The van der Waals surface area contributed by atoms with Gasteiger partial charge in [-0.2, -0.15) is 0 Å². The van der Waals surface area contributed by atoms with Crippen molar-refractivity contribution in [3.8, 4) is 0 Å². The van der Waals surface area contributed by atoms with E-state index in [2.05, 4.69) is 46.5 Å². The lowest BCUT2D eigenvalue weighted by molar-refractivity contribution is 0.0951. The van der Waals surface area contributed by atoms with Gasteiger partial charge in [-0.15, -0.1) is 11.3 Å². The van der Waals surface area contributed by atoms with Crippen LogP contribution in [0.4, 0.5) is 0 Å². The predicted octanol–water partition coefficient (Wildman–Crippen LogP) is 3.37. The minimum Gasteiger partial charge on any atom is -0.346 e. The van der Waals surface area contributed by atoms with Gasteiger partial charge < -0.3 is 5.32 Å². The number of thiazole rings is 1. The molecule has 0 aliphatic rings. The molecule has 116 valence electrons. The number of aromatic nitrogens is 2. The molecule has 0 bridgehead atoms. The topological polar surface area (TPSA) is 54.9 Å². The Balaban J connectivity index is 1.57. The third-order valence-electron chi connectivity index (χ3n) is 3.44. The molecule has 5 heteroatoms. The molecule has 4 nitrogen and oxygen atoms in total. The van der Waals surface area contributed by atoms with Crippen LogP contribution in [0.5, 0.6) is 0 Å². The third-order valence-corrected chi connectivity index (χ3v) is 4.44. The van der Waals surface area contributed by atoms with E-state index in [1.54, 1.807) is 35.9 Å². The van der Waals surface area contributed by atoms with Gasteiger partial charge in [-0.3, -0.25) is 9.78 Å². The molecule has 0 unspecified atom stereocenters. The van der Waals surface area contributed by atoms with Gasteiger partial charge in [0.05, 0.1) is 6.54 Å². The number of rotatable bonds is 5. The van der Waals surface area contributed by atoms with E-state index in [1.165, 1.54) is 16.0 Å². The maximum Gasteiger partial charge on any atom is 0.251 e. The maximum atomic E-state index is 12.0. The quantitative estimate of drug-likeness (QED) is 0.783. The molecule has 0 spiro atoms. The Morgan fingerprint density at radius 2 is 1.87 bits per heavy atom. The van der Waals surface area contributed by atoms with E-state index in [0.717, 1.165) is 11.4 Å². The first-order chi connectivity index (χ1) is 11.2. The van der Waals surface area contributed by atoms with Crippen LogP contribution in [0.25, 0.3) is 0 Å². The highest BCUT2D eigenvalue weighted by molar-refractivity contribution is 7.11. The number of hydrogen-bond acceptors (Lipinski definition) is 4. The molecule has 0 aliphatic carbocycles. The zero-order valence-corrected chi connectivity index (χ0v) is 13.6. The lowest BCUT2D eigenvalue weighted by atomic mass is 10.1. The minimum atomic E-state index is -0.109. The second-order valence-electron chi connectivity index (χ2n) is 5.30. The molecule has 0 fully saturated rings. The summed E-state index contributed by atoms with van der Waals surface area (Å²) in [6, 6.07) is 11.9. The molecule has 1 N–H and O–H groups in total. The fourth-order valence-electron chi connectivity index (χ4n) is 2.18. The van der Waals surface area contributed by atoms with E-state index in [0.29, 0.717) is 12.1 Å². The van der Waals surface area contributed by atoms with Crippen molar-refractivity contribution < 1.29 is 4.79 Å². The molecule has 1 aromatic carbocycles. The lowest BCUT2D eigenvalue weighted by Crippen LogP contribution is -2.22. The first-order valence-electron chi connectivity index (χ1n) is 7.38. The van der Waals surface area contributed by atoms with Crippen molar-refractivity contribution in [3.05, 3.63) is 81.6 Å². The normalized spacial score (nSPS) is 10.5. The lowest BCUT2D eigenvalue weighted by Gasteiger charge is -2.02. The van der Waals surface area contributed by atoms with Crippen LogP contribution in [0.3, 0.4) is 0 Å². The van der Waals surface area contributed by atoms with Gasteiger partial charge in [-0.25, -0.2) is 4.98 Å². The largest absolute Gasteiger partial charge is 0.346 e. The highest BCUT2D eigenvalue weighted by Gasteiger charge is 2.07. The molecule has 0 radical (unpaired) electrons. The molecule has 1 amide bonds. The van der Waals surface area contributed by atoms with E-state index in [-0.39, 0.29) is 5.91 Å². The first kappa shape index (κ1) is 15.4. The number of benzene rings is 1. The minimum absolute atomic E-state index is 0.109. The Hall–Kier alpha value is -2.53. The van der Waals surface area contributed by atoms with Crippen molar-refractivity contribution in [3.63, 3.8) is 0 Å². The average molecular weight is 323 g/mol. The van der Waals surface area contributed by atoms with E-state index < -0.39 is 0 Å². The average Bonchev–Trinajstić information content (AvgIpc) is 3.03. The molecule has 0 aliphatic heterocycles. The summed E-state index contributed by atoms with van der Waals surface area (Å²) >= 11 is 1.63. The maximum absolute atomic E-state index is 12.0. The van der Waals surface area contributed by atoms with Gasteiger partial charge in [-0.05, 0) is 24.6 Å². The summed E-state index contributed by atoms with van der Waals surface area (Å²) in [6.07, 6.45) is 5.98. The molecular weight excluding hydrogens is 306 g/mol. The Labute approximate surface area is 139 Å². The van der Waals surface area contributed by atoms with Crippen LogP contribution < -0.4 is 5.32 Å². The monoisotopic (exact) mass is 323 g/mol. The predicted molar refractivity (Wildman–Crippen MR) is 91.5 cm³/mol. The van der Waals surface area contributed by atoms with E-state index in [1.807, 2.05) is 6.20 Å². The van der Waals surface area contributed by atoms with Crippen LogP contribution >= 0.6 is 11.3 Å². The van der Waals surface area contributed by atoms with Crippen LogP contribution in [0.1, 0.15) is 31.4 Å². The smallest absolute Gasteiger partial charge is 0.251 e. The first-order valence-corrected chi connectivity index (χ1v) is 8.20. The number of pyridine rings is 1. The van der Waals surface area contributed by atoms with E-state index in [4.69, 9.17) is 0 Å². The number of hydrogen-bond donors (Lipinski definition) is 1. The number of amides is 1. The molecule has 0 saturated carbocycles. The fourth-order valence-corrected chi connectivity index (χ4v) is 3.08. The van der Waals surface area contributed by atoms with Gasteiger partial charge in [0.2, 0.25) is 0 Å². The van der Waals surface area contributed by atoms with Crippen LogP contribution in [-0.2, 0) is 13.0 Å². The van der Waals surface area contributed by atoms with Crippen molar-refractivity contribution in [1.82, 2.24) is 15.3 Å². The summed E-state index contributed by atoms with van der Waals surface area (Å²) in [5.41, 5.74) is 3.14. The van der Waals surface area contributed by atoms with Crippen molar-refractivity contribution >= 4 is 17.2 Å². The third kappa shape index (κ3) is 4.23. The van der Waals surface area contributed by atoms with Crippen LogP contribution in [0, 0.1) is 6.92 Å². The van der Waals surface area contributed by atoms with E-state index in [9.17, 15) is 4.79 Å². The number of carbonyl (C=O) groups is 1. The van der Waals surface area contributed by atoms with Gasteiger partial charge in [0.15, 0.2) is 0 Å². The van der Waals surface area contributed by atoms with E-state index >= 15 is 0 Å². The second-order valence-corrected chi connectivity index (χ2v) is 6.50. The summed E-state index contributed by atoms with van der Waals surface area (Å²) in [5.74, 6) is -0.109. The van der Waals surface area contributed by atoms with Crippen molar-refractivity contribution in [1.29, 1.82) is 0 Å². The molecule has 2 aromatic heterocycles. The molecule has 3 aromatic rings. The molecule has 2 heterocycles. The summed E-state index contributed by atoms with van der Waals surface area (Å²) < 4.78 is 0. The summed E-state index contributed by atoms with van der Waals surface area (Å²) in [5, 5.41) is 3.79. The Morgan fingerprint density at radius 1 is 1.13 bits per heavy atom.